The highest BCUT2D eigenvalue weighted by atomic mass is 16.6. The van der Waals surface area contributed by atoms with Gasteiger partial charge in [-0.15, -0.1) is 0 Å². The molecule has 1 atom stereocenters. The summed E-state index contributed by atoms with van der Waals surface area (Å²) in [5, 5.41) is 7.23. The van der Waals surface area contributed by atoms with E-state index < -0.39 is 0 Å². The van der Waals surface area contributed by atoms with Gasteiger partial charge in [0.05, 0.1) is 11.8 Å². The number of nitrogens with zero attached hydrogens (tertiary/aromatic N) is 2. The number of hydrogen-bond donors (Lipinski definition) is 1. The Bertz CT molecular complexity index is 240. The summed E-state index contributed by atoms with van der Waals surface area (Å²) in [5.74, 6) is 0.720. The molecular formula is C11H21N3O. The van der Waals surface area contributed by atoms with Gasteiger partial charge in [0, 0.05) is 26.2 Å². The molecular weight excluding hydrogens is 190 g/mol. The first kappa shape index (κ1) is 12.2. The van der Waals surface area contributed by atoms with Gasteiger partial charge in [0.1, 0.15) is 5.76 Å². The van der Waals surface area contributed by atoms with Crippen LogP contribution < -0.4 is 5.32 Å². The Hall–Kier alpha value is -0.870. The molecule has 4 heteroatoms. The molecule has 1 saturated heterocycles. The molecule has 15 heavy (non-hydrogen) atoms. The van der Waals surface area contributed by atoms with Gasteiger partial charge in [-0.1, -0.05) is 11.7 Å². The minimum atomic E-state index is 0.232. The molecule has 0 amide bonds. The van der Waals surface area contributed by atoms with Crippen molar-refractivity contribution in [1.29, 1.82) is 0 Å². The maximum absolute atomic E-state index is 5.25. The molecule has 1 rings (SSSR count). The van der Waals surface area contributed by atoms with Gasteiger partial charge >= 0.3 is 0 Å². The molecule has 0 saturated carbocycles. The summed E-state index contributed by atoms with van der Waals surface area (Å²) in [6.07, 6.45) is 0. The van der Waals surface area contributed by atoms with Crippen molar-refractivity contribution in [2.75, 3.05) is 26.2 Å². The number of oxime groups is 1. The number of rotatable bonds is 4. The van der Waals surface area contributed by atoms with Gasteiger partial charge < -0.3 is 10.2 Å². The zero-order chi connectivity index (χ0) is 11.3. The van der Waals surface area contributed by atoms with Crippen LogP contribution in [0.5, 0.6) is 0 Å². The van der Waals surface area contributed by atoms with E-state index in [1.165, 1.54) is 0 Å². The van der Waals surface area contributed by atoms with E-state index in [1.807, 2.05) is 13.8 Å². The molecule has 1 fully saturated rings. The third-order valence-electron chi connectivity index (χ3n) is 2.51. The number of hydrogen-bond acceptors (Lipinski definition) is 4. The Morgan fingerprint density at radius 2 is 2.00 bits per heavy atom. The molecule has 0 aliphatic carbocycles. The first-order chi connectivity index (χ1) is 7.11. The van der Waals surface area contributed by atoms with E-state index >= 15 is 0 Å². The zero-order valence-corrected chi connectivity index (χ0v) is 9.92. The van der Waals surface area contributed by atoms with E-state index in [1.54, 1.807) is 0 Å². The van der Waals surface area contributed by atoms with Crippen molar-refractivity contribution in [1.82, 2.24) is 10.2 Å². The largest absolute Gasteiger partial charge is 0.361 e. The molecule has 0 aromatic rings. The molecule has 1 aliphatic rings. The summed E-state index contributed by atoms with van der Waals surface area (Å²) in [7, 11) is 0. The van der Waals surface area contributed by atoms with E-state index in [9.17, 15) is 0 Å². The monoisotopic (exact) mass is 211 g/mol. The standard InChI is InChI=1S/C11H21N3O/c1-9(2)13-15-11(4)10(3)14-7-5-12-6-8-14/h10,12H,4-8H2,1-3H3. The van der Waals surface area contributed by atoms with Crippen molar-refractivity contribution in [3.63, 3.8) is 0 Å². The second kappa shape index (κ2) is 5.88. The van der Waals surface area contributed by atoms with Crippen LogP contribution >= 0.6 is 0 Å². The van der Waals surface area contributed by atoms with E-state index in [-0.39, 0.29) is 6.04 Å². The van der Waals surface area contributed by atoms with Crippen molar-refractivity contribution in [2.45, 2.75) is 26.8 Å². The normalized spacial score (nSPS) is 19.4. The topological polar surface area (TPSA) is 36.9 Å². The molecule has 1 heterocycles. The lowest BCUT2D eigenvalue weighted by Crippen LogP contribution is -2.48. The van der Waals surface area contributed by atoms with Crippen LogP contribution in [0.4, 0.5) is 0 Å². The molecule has 0 aromatic heterocycles. The molecule has 4 nitrogen and oxygen atoms in total. The fourth-order valence-electron chi connectivity index (χ4n) is 1.50. The number of piperazine rings is 1. The lowest BCUT2D eigenvalue weighted by molar-refractivity contribution is 0.126. The highest BCUT2D eigenvalue weighted by Crippen LogP contribution is 2.11. The number of nitrogens with one attached hydrogen (secondary N) is 1. The van der Waals surface area contributed by atoms with Gasteiger partial charge in [0.15, 0.2) is 0 Å². The van der Waals surface area contributed by atoms with Crippen molar-refractivity contribution in [2.24, 2.45) is 5.16 Å². The van der Waals surface area contributed by atoms with E-state index in [4.69, 9.17) is 4.84 Å². The average Bonchev–Trinajstić information content (AvgIpc) is 2.26. The fraction of sp³-hybridized carbons (Fsp3) is 0.727. The van der Waals surface area contributed by atoms with Crippen molar-refractivity contribution < 1.29 is 4.84 Å². The highest BCUT2D eigenvalue weighted by molar-refractivity contribution is 5.78. The third kappa shape index (κ3) is 4.01. The quantitative estimate of drug-likeness (QED) is 0.431. The van der Waals surface area contributed by atoms with Gasteiger partial charge in [-0.05, 0) is 20.8 Å². The van der Waals surface area contributed by atoms with Gasteiger partial charge in [-0.2, -0.15) is 0 Å². The van der Waals surface area contributed by atoms with Crippen LogP contribution in [0.3, 0.4) is 0 Å². The molecule has 0 bridgehead atoms. The highest BCUT2D eigenvalue weighted by Gasteiger charge is 2.19. The summed E-state index contributed by atoms with van der Waals surface area (Å²) in [6, 6.07) is 0.232. The molecule has 1 N–H and O–H groups in total. The molecule has 1 unspecified atom stereocenters. The van der Waals surface area contributed by atoms with Crippen LogP contribution in [0.1, 0.15) is 20.8 Å². The summed E-state index contributed by atoms with van der Waals surface area (Å²) in [5.41, 5.74) is 0.906. The first-order valence-electron chi connectivity index (χ1n) is 5.43. The maximum Gasteiger partial charge on any atom is 0.144 e. The smallest absolute Gasteiger partial charge is 0.144 e. The average molecular weight is 211 g/mol. The Kier molecular flexibility index (Phi) is 4.78. The molecule has 0 aromatic carbocycles. The minimum Gasteiger partial charge on any atom is -0.361 e. The third-order valence-corrected chi connectivity index (χ3v) is 2.51. The second-order valence-electron chi connectivity index (χ2n) is 4.06. The Morgan fingerprint density at radius 1 is 1.40 bits per heavy atom. The van der Waals surface area contributed by atoms with E-state index in [2.05, 4.69) is 28.9 Å². The molecule has 0 radical (unpaired) electrons. The molecule has 1 aliphatic heterocycles. The summed E-state index contributed by atoms with van der Waals surface area (Å²) >= 11 is 0. The second-order valence-corrected chi connectivity index (χ2v) is 4.06. The molecule has 86 valence electrons. The Labute approximate surface area is 92.0 Å². The van der Waals surface area contributed by atoms with Gasteiger partial charge in [0.2, 0.25) is 0 Å². The summed E-state index contributed by atoms with van der Waals surface area (Å²) in [6.45, 7) is 14.0. The van der Waals surface area contributed by atoms with Gasteiger partial charge in [-0.25, -0.2) is 0 Å². The molecule has 0 spiro atoms. The lowest BCUT2D eigenvalue weighted by Gasteiger charge is -2.32. The van der Waals surface area contributed by atoms with Crippen LogP contribution in [0, 0.1) is 0 Å². The predicted molar refractivity (Wildman–Crippen MR) is 62.9 cm³/mol. The lowest BCUT2D eigenvalue weighted by atomic mass is 10.2. The van der Waals surface area contributed by atoms with Crippen molar-refractivity contribution in [3.05, 3.63) is 12.3 Å². The SMILES string of the molecule is C=C(ON=C(C)C)C(C)N1CCNCC1. The van der Waals surface area contributed by atoms with Crippen LogP contribution in [0.2, 0.25) is 0 Å². The Morgan fingerprint density at radius 3 is 2.53 bits per heavy atom. The van der Waals surface area contributed by atoms with E-state index in [0.29, 0.717) is 0 Å². The van der Waals surface area contributed by atoms with Gasteiger partial charge in [0.25, 0.3) is 0 Å². The van der Waals surface area contributed by atoms with Crippen LogP contribution in [0.15, 0.2) is 17.5 Å². The van der Waals surface area contributed by atoms with Gasteiger partial charge in [-0.3, -0.25) is 4.90 Å². The zero-order valence-electron chi connectivity index (χ0n) is 9.92. The fourth-order valence-corrected chi connectivity index (χ4v) is 1.50. The van der Waals surface area contributed by atoms with Crippen LogP contribution in [0.25, 0.3) is 0 Å². The summed E-state index contributed by atoms with van der Waals surface area (Å²) in [4.78, 5) is 7.60. The van der Waals surface area contributed by atoms with Crippen LogP contribution in [-0.2, 0) is 4.84 Å². The van der Waals surface area contributed by atoms with Crippen LogP contribution in [-0.4, -0.2) is 42.8 Å². The van der Waals surface area contributed by atoms with Crippen molar-refractivity contribution in [3.8, 4) is 0 Å². The first-order valence-corrected chi connectivity index (χ1v) is 5.43. The van der Waals surface area contributed by atoms with Crippen molar-refractivity contribution >= 4 is 5.71 Å². The van der Waals surface area contributed by atoms with E-state index in [0.717, 1.165) is 37.6 Å². The predicted octanol–water partition coefficient (Wildman–Crippen LogP) is 1.21. The Balaban J connectivity index is 2.40. The minimum absolute atomic E-state index is 0.232. The summed E-state index contributed by atoms with van der Waals surface area (Å²) < 4.78 is 0. The maximum atomic E-state index is 5.25.